The first-order valence-corrected chi connectivity index (χ1v) is 44.3. The van der Waals surface area contributed by atoms with Crippen molar-refractivity contribution in [3.8, 4) is 62.9 Å². The maximum absolute atomic E-state index is 16.6. The molecule has 1 aliphatic carbocycles. The molecular weight excluding hydrogens is 1750 g/mol. The van der Waals surface area contributed by atoms with Gasteiger partial charge in [-0.15, -0.1) is 0 Å². The second-order valence-electron chi connectivity index (χ2n) is 34.6. The van der Waals surface area contributed by atoms with Crippen molar-refractivity contribution in [2.24, 2.45) is 29.4 Å². The van der Waals surface area contributed by atoms with Crippen molar-refractivity contribution in [1.82, 2.24) is 31.9 Å². The van der Waals surface area contributed by atoms with Crippen LogP contribution in [-0.4, -0.2) is 236 Å². The van der Waals surface area contributed by atoms with Crippen LogP contribution in [0.25, 0.3) is 11.1 Å². The molecule has 1 saturated carbocycles. The zero-order chi connectivity index (χ0) is 95.3. The molecule has 22 N–H and O–H groups in total. The van der Waals surface area contributed by atoms with Crippen molar-refractivity contribution < 1.29 is 148 Å². The van der Waals surface area contributed by atoms with E-state index in [2.05, 4.69) is 38.8 Å². The van der Waals surface area contributed by atoms with Crippen molar-refractivity contribution in [2.75, 3.05) is 26.4 Å². The lowest BCUT2D eigenvalue weighted by atomic mass is 9.73. The summed E-state index contributed by atoms with van der Waals surface area (Å²) in [4.78, 5) is 132. The standard InChI is InChI=1S/C92H115Cl2N7O30/c1-7-9-24-125-51-18-13-44(14-19-51)37-97-92(6)36-52(26-43(5)85(92)120)127-84-82(119)80(117)69(40-103)130-91(84)131-83-67-31-49-32-68(83)129-66-22-17-48(29-58(66)94)76(113)74-89(124)101-90(126-41-104)55-35-61(107)56(38-96-23-11-10-12-60(106)78(115)81(118)79(116)64(110)39-102)77(114)71(55)54-27-46(15-20-59(54)105)53(88(123)100-74)34-63(109)72(49)98-87(122)50(33-70(95)111)30-62(108)73(99-86(121)45(8-2)25-42(3)4)75(112)47-16-21-65(128-67)57(93)28-47/h13-22,27-29,31-32,35,41-43,45,50,52-53,64,69,72-76,78-82,84-85,90-91,96-97,102-103,105,107,110,112-120H,7-12,23-26,30,33-34,36-40H2,1-6H3,(H2,95,111)(H,98,122)(H,99,121)(H,100,123)(H,101,124)/t43-,45-,50+,52-,53-,64-,69-,72-,73+,74+,75-,76-,78+,79-,80?,81-,82?,84-,85-,90-,91+,92?/m1/s1. The molecule has 6 aliphatic heterocycles. The molecule has 1 saturated heterocycles. The van der Waals surface area contributed by atoms with Crippen LogP contribution in [0.4, 0.5) is 0 Å². The number of ether oxygens (including phenoxy) is 7. The minimum Gasteiger partial charge on any atom is -0.507 e. The summed E-state index contributed by atoms with van der Waals surface area (Å²) >= 11 is 14.5. The molecule has 6 aromatic carbocycles. The molecule has 7 aliphatic rings. The number of aromatic hydroxyl groups is 3. The second-order valence-corrected chi connectivity index (χ2v) is 35.4. The predicted molar refractivity (Wildman–Crippen MR) is 467 cm³/mol. The van der Waals surface area contributed by atoms with Crippen LogP contribution in [-0.2, 0) is 70.5 Å². The number of hydrogen-bond acceptors (Lipinski definition) is 32. The van der Waals surface area contributed by atoms with Gasteiger partial charge in [0.1, 0.15) is 114 Å². The molecule has 0 radical (unpaired) electrons. The number of aliphatic hydroxyl groups excluding tert-OH is 11. The number of ketones is 3. The minimum absolute atomic E-state index is 0.00570. The first kappa shape index (κ1) is 101. The third-order valence-corrected chi connectivity index (χ3v) is 25.1. The summed E-state index contributed by atoms with van der Waals surface area (Å²) in [5.41, 5.74) is 2.83. The number of carbonyl (C=O) groups is 9. The molecule has 13 rings (SSSR count). The fourth-order valence-electron chi connectivity index (χ4n) is 17.1. The van der Waals surface area contributed by atoms with E-state index in [0.29, 0.717) is 18.8 Å². The van der Waals surface area contributed by atoms with Gasteiger partial charge in [0.2, 0.25) is 47.8 Å². The number of rotatable bonds is 33. The molecule has 6 heterocycles. The number of unbranched alkanes of at least 4 members (excludes halogenated alkanes) is 2. The molecule has 6 aromatic rings. The highest BCUT2D eigenvalue weighted by Gasteiger charge is 2.52. The van der Waals surface area contributed by atoms with Gasteiger partial charge in [-0.25, -0.2) is 0 Å². The predicted octanol–water partition coefficient (Wildman–Crippen LogP) is 4.50. The lowest BCUT2D eigenvalue weighted by molar-refractivity contribution is -0.299. The Labute approximate surface area is 764 Å². The van der Waals surface area contributed by atoms with Gasteiger partial charge in [-0.05, 0) is 165 Å². The smallest absolute Gasteiger partial charge is 0.295 e. The van der Waals surface area contributed by atoms with Gasteiger partial charge >= 0.3 is 0 Å². The van der Waals surface area contributed by atoms with E-state index in [0.717, 1.165) is 60.9 Å². The van der Waals surface area contributed by atoms with Crippen LogP contribution in [0, 0.1) is 23.7 Å². The van der Waals surface area contributed by atoms with Crippen molar-refractivity contribution in [3.05, 3.63) is 146 Å². The monoisotopic (exact) mass is 1870 g/mol. The van der Waals surface area contributed by atoms with Crippen LogP contribution < -0.4 is 56.6 Å². The molecule has 712 valence electrons. The number of nitrogens with two attached hydrogens (primary N) is 1. The molecule has 0 spiro atoms. The van der Waals surface area contributed by atoms with Gasteiger partial charge in [0.25, 0.3) is 6.47 Å². The first-order valence-electron chi connectivity index (χ1n) is 43.5. The summed E-state index contributed by atoms with van der Waals surface area (Å²) in [5, 5.41) is 175. The first-order chi connectivity index (χ1) is 62.3. The lowest BCUT2D eigenvalue weighted by Crippen LogP contribution is -2.64. The van der Waals surface area contributed by atoms with Crippen LogP contribution in [0.5, 0.6) is 51.7 Å². The number of primary amides is 1. The number of phenolic OH excluding ortho intramolecular Hbond substituents is 3. The fraction of sp³-hybridized carbons (Fsp3) is 0.511. The average molecular weight is 1870 g/mol. The van der Waals surface area contributed by atoms with E-state index in [9.17, 15) is 90.7 Å². The van der Waals surface area contributed by atoms with Crippen LogP contribution >= 0.6 is 23.2 Å². The maximum atomic E-state index is 16.6. The zero-order valence-corrected chi connectivity index (χ0v) is 74.4. The van der Waals surface area contributed by atoms with Crippen molar-refractivity contribution in [3.63, 3.8) is 0 Å². The number of fused-ring (bicyclic) bond motifs is 15. The number of Topliss-reactive ketones (excluding diaryl/α,β-unsaturated/α-hetero) is 3. The van der Waals surface area contributed by atoms with E-state index in [1.165, 1.54) is 30.3 Å². The van der Waals surface area contributed by atoms with Crippen LogP contribution in [0.1, 0.15) is 188 Å². The van der Waals surface area contributed by atoms with Gasteiger partial charge in [0.15, 0.2) is 28.8 Å². The summed E-state index contributed by atoms with van der Waals surface area (Å²) < 4.78 is 45.2. The van der Waals surface area contributed by atoms with E-state index in [4.69, 9.17) is 62.1 Å². The average Bonchev–Trinajstić information content (AvgIpc) is 0.758. The molecule has 22 atom stereocenters. The minimum atomic E-state index is -2.26. The molecule has 0 aromatic heterocycles. The topological polar surface area (TPSA) is 600 Å². The second kappa shape index (κ2) is 45.0. The Balaban J connectivity index is 1.08. The molecule has 2 fully saturated rings. The highest BCUT2D eigenvalue weighted by molar-refractivity contribution is 6.32. The van der Waals surface area contributed by atoms with E-state index >= 15 is 24.0 Å². The van der Waals surface area contributed by atoms with Gasteiger partial charge in [0.05, 0.1) is 59.5 Å². The Morgan fingerprint density at radius 3 is 2.01 bits per heavy atom. The van der Waals surface area contributed by atoms with Crippen molar-refractivity contribution in [1.29, 1.82) is 0 Å². The Morgan fingerprint density at radius 1 is 0.725 bits per heavy atom. The molecule has 3 unspecified atom stereocenters. The number of carbonyl (C=O) groups excluding carboxylic acids is 9. The lowest BCUT2D eigenvalue weighted by Gasteiger charge is -2.48. The van der Waals surface area contributed by atoms with Crippen molar-refractivity contribution >= 4 is 76.6 Å². The highest BCUT2D eigenvalue weighted by atomic mass is 35.5. The number of halogens is 2. The van der Waals surface area contributed by atoms with E-state index < -0.39 is 281 Å². The largest absolute Gasteiger partial charge is 0.507 e. The maximum Gasteiger partial charge on any atom is 0.295 e. The zero-order valence-electron chi connectivity index (χ0n) is 72.9. The Hall–Kier alpha value is -10.3. The number of aliphatic hydroxyl groups is 11. The number of phenols is 3. The number of amides is 5. The van der Waals surface area contributed by atoms with Gasteiger partial charge < -0.3 is 142 Å². The molecule has 5 amide bonds. The van der Waals surface area contributed by atoms with E-state index in [1.807, 2.05) is 38.1 Å². The summed E-state index contributed by atoms with van der Waals surface area (Å²) in [6, 6.07) is 14.6. The normalized spacial score (nSPS) is 26.5. The van der Waals surface area contributed by atoms with Crippen LogP contribution in [0.15, 0.2) is 97.1 Å². The molecule has 11 bridgehead atoms. The summed E-state index contributed by atoms with van der Waals surface area (Å²) in [5.74, 6) is -18.3. The van der Waals surface area contributed by atoms with Gasteiger partial charge in [0, 0.05) is 66.9 Å². The Morgan fingerprint density at radius 2 is 1.39 bits per heavy atom. The SMILES string of the molecule is CCCCOc1ccc(CNC2(C)C[C@H](O[C@@H]3C(O)C(O)[C@@H](CO)O[C@H]3Oc3c4cc5cc3Oc3ccc(cc3Cl)[C@@H](O)[C@@H](NC(=O)[C@H](CC)CC(C)C)C(=O)C[C@@H](CC(N)=O)C(=O)N[C@H]5C(=O)C[C@H]3C(=O)N[C@H](C(=O)N[C@H](OC=O)c5cc(O)c(CNCCCCC(=O)[C@H](O)[C@@H](O)[C@H](O)[C@H](O)CO)c(O)c5-c5cc3ccc5O)[C@H](O)c3ccc(c(Cl)c3)O4)C[C@@H](C)[C@H]2O)cc1. The molecule has 39 heteroatoms. The van der Waals surface area contributed by atoms with Crippen LogP contribution in [0.3, 0.4) is 0 Å². The van der Waals surface area contributed by atoms with Gasteiger partial charge in [-0.2, -0.15) is 0 Å². The quantitative estimate of drug-likeness (QED) is 0.0199. The van der Waals surface area contributed by atoms with E-state index in [1.54, 1.807) is 20.8 Å². The third kappa shape index (κ3) is 24.0. The molecule has 37 nitrogen and oxygen atoms in total. The summed E-state index contributed by atoms with van der Waals surface area (Å²) in [6.07, 6.45) is -26.6. The summed E-state index contributed by atoms with van der Waals surface area (Å²) in [7, 11) is 0. The third-order valence-electron chi connectivity index (χ3n) is 24.5. The Kier molecular flexibility index (Phi) is 34.8. The Bertz CT molecular complexity index is 5090. The fourth-order valence-corrected chi connectivity index (χ4v) is 17.6. The number of benzene rings is 6. The summed E-state index contributed by atoms with van der Waals surface area (Å²) in [6.45, 7) is 9.37. The van der Waals surface area contributed by atoms with Crippen LogP contribution in [0.2, 0.25) is 10.0 Å². The van der Waals surface area contributed by atoms with Gasteiger partial charge in [-0.1, -0.05) is 94.6 Å². The van der Waals surface area contributed by atoms with Gasteiger partial charge in [-0.3, -0.25) is 43.2 Å². The van der Waals surface area contributed by atoms with E-state index in [-0.39, 0.29) is 103 Å². The highest BCUT2D eigenvalue weighted by Crippen LogP contribution is 2.52. The number of nitrogens with one attached hydrogen (secondary N) is 6. The molecule has 131 heavy (non-hydrogen) atoms. The number of hydrogen-bond donors (Lipinski definition) is 21. The van der Waals surface area contributed by atoms with Crippen molar-refractivity contribution in [2.45, 2.75) is 247 Å². The molecular formula is C92H115Cl2N7O30.